The predicted molar refractivity (Wildman–Crippen MR) is 108 cm³/mol. The molecule has 3 rings (SSSR count). The van der Waals surface area contributed by atoms with E-state index in [-0.39, 0.29) is 21.6 Å². The third-order valence-electron chi connectivity index (χ3n) is 4.91. The maximum atomic E-state index is 12.8. The molecule has 0 aromatic heterocycles. The van der Waals surface area contributed by atoms with Crippen LogP contribution in [0.1, 0.15) is 18.5 Å². The summed E-state index contributed by atoms with van der Waals surface area (Å²) in [7, 11) is -3.66. The van der Waals surface area contributed by atoms with Crippen LogP contribution >= 0.6 is 23.2 Å². The van der Waals surface area contributed by atoms with Crippen LogP contribution in [0, 0.1) is 10.1 Å². The van der Waals surface area contributed by atoms with Crippen molar-refractivity contribution >= 4 is 38.9 Å². The molecule has 1 unspecified atom stereocenters. The second kappa shape index (κ2) is 8.34. The number of halogens is 2. The summed E-state index contributed by atoms with van der Waals surface area (Å²) in [5, 5.41) is 11.5. The summed E-state index contributed by atoms with van der Waals surface area (Å²) in [6.45, 7) is 3.64. The maximum absolute atomic E-state index is 12.8. The van der Waals surface area contributed by atoms with Crippen LogP contribution in [0.15, 0.2) is 47.4 Å². The molecule has 0 bridgehead atoms. The van der Waals surface area contributed by atoms with Crippen molar-refractivity contribution in [2.24, 2.45) is 0 Å². The summed E-state index contributed by atoms with van der Waals surface area (Å²) in [5.41, 5.74) is 0.875. The van der Waals surface area contributed by atoms with E-state index >= 15 is 0 Å². The Morgan fingerprint density at radius 3 is 2.32 bits per heavy atom. The highest BCUT2D eigenvalue weighted by atomic mass is 35.5. The van der Waals surface area contributed by atoms with Gasteiger partial charge in [0.25, 0.3) is 5.69 Å². The second-order valence-electron chi connectivity index (χ2n) is 6.54. The van der Waals surface area contributed by atoms with Crippen molar-refractivity contribution in [2.45, 2.75) is 17.9 Å². The van der Waals surface area contributed by atoms with E-state index in [1.54, 1.807) is 12.1 Å². The lowest BCUT2D eigenvalue weighted by Gasteiger charge is -2.37. The summed E-state index contributed by atoms with van der Waals surface area (Å²) in [5.74, 6) is 0. The number of piperazine rings is 1. The van der Waals surface area contributed by atoms with Gasteiger partial charge in [-0.05, 0) is 30.7 Å². The molecule has 0 aliphatic carbocycles. The van der Waals surface area contributed by atoms with Gasteiger partial charge in [0, 0.05) is 44.4 Å². The summed E-state index contributed by atoms with van der Waals surface area (Å²) in [4.78, 5) is 12.8. The Hall–Kier alpha value is -1.71. The third-order valence-corrected chi connectivity index (χ3v) is 7.55. The normalized spacial score (nSPS) is 17.4. The van der Waals surface area contributed by atoms with Crippen LogP contribution in [0.5, 0.6) is 0 Å². The molecule has 28 heavy (non-hydrogen) atoms. The number of nitrogens with zero attached hydrogens (tertiary/aromatic N) is 3. The van der Waals surface area contributed by atoms with Crippen LogP contribution in [0.2, 0.25) is 10.0 Å². The lowest BCUT2D eigenvalue weighted by atomic mass is 10.1. The highest BCUT2D eigenvalue weighted by Gasteiger charge is 2.31. The fourth-order valence-corrected chi connectivity index (χ4v) is 5.04. The number of nitro benzene ring substituents is 1. The van der Waals surface area contributed by atoms with E-state index in [2.05, 4.69) is 4.90 Å². The van der Waals surface area contributed by atoms with Gasteiger partial charge in [-0.2, -0.15) is 4.31 Å². The zero-order chi connectivity index (χ0) is 20.5. The van der Waals surface area contributed by atoms with Crippen LogP contribution in [-0.4, -0.2) is 48.7 Å². The molecule has 1 heterocycles. The van der Waals surface area contributed by atoms with Crippen LogP contribution in [-0.2, 0) is 10.0 Å². The average Bonchev–Trinajstić information content (AvgIpc) is 2.69. The predicted octanol–water partition coefficient (Wildman–Crippen LogP) is 3.97. The van der Waals surface area contributed by atoms with Crippen LogP contribution in [0.3, 0.4) is 0 Å². The number of hydrogen-bond acceptors (Lipinski definition) is 5. The van der Waals surface area contributed by atoms with Crippen molar-refractivity contribution in [3.8, 4) is 0 Å². The molecule has 150 valence electrons. The van der Waals surface area contributed by atoms with Gasteiger partial charge >= 0.3 is 0 Å². The smallest absolute Gasteiger partial charge is 0.269 e. The third kappa shape index (κ3) is 4.31. The molecule has 0 spiro atoms. The number of hydrogen-bond donors (Lipinski definition) is 0. The first-order chi connectivity index (χ1) is 13.2. The Morgan fingerprint density at radius 1 is 1.04 bits per heavy atom. The number of rotatable bonds is 5. The van der Waals surface area contributed by atoms with Crippen molar-refractivity contribution in [1.29, 1.82) is 0 Å². The Labute approximate surface area is 173 Å². The molecule has 0 N–H and O–H groups in total. The minimum absolute atomic E-state index is 0.0465. The molecule has 0 radical (unpaired) electrons. The number of sulfonamides is 1. The van der Waals surface area contributed by atoms with Gasteiger partial charge in [-0.3, -0.25) is 15.0 Å². The Kier molecular flexibility index (Phi) is 6.26. The van der Waals surface area contributed by atoms with Crippen molar-refractivity contribution in [1.82, 2.24) is 9.21 Å². The molecule has 7 nitrogen and oxygen atoms in total. The highest BCUT2D eigenvalue weighted by Crippen LogP contribution is 2.29. The van der Waals surface area contributed by atoms with Crippen molar-refractivity contribution in [2.75, 3.05) is 26.2 Å². The number of non-ortho nitro benzene ring substituents is 1. The molecule has 10 heteroatoms. The van der Waals surface area contributed by atoms with E-state index in [1.165, 1.54) is 28.6 Å². The Bertz CT molecular complexity index is 992. The minimum Gasteiger partial charge on any atom is -0.294 e. The first-order valence-electron chi connectivity index (χ1n) is 8.64. The van der Waals surface area contributed by atoms with Gasteiger partial charge in [-0.15, -0.1) is 0 Å². The molecule has 2 aromatic rings. The van der Waals surface area contributed by atoms with Crippen LogP contribution in [0.4, 0.5) is 5.69 Å². The first-order valence-corrected chi connectivity index (χ1v) is 10.8. The van der Waals surface area contributed by atoms with E-state index in [4.69, 9.17) is 23.2 Å². The number of nitro groups is 1. The van der Waals surface area contributed by atoms with E-state index in [1.807, 2.05) is 13.0 Å². The summed E-state index contributed by atoms with van der Waals surface area (Å²) in [6.07, 6.45) is 0. The molecule has 1 atom stereocenters. The highest BCUT2D eigenvalue weighted by molar-refractivity contribution is 7.89. The molecule has 1 aliphatic heterocycles. The second-order valence-corrected chi connectivity index (χ2v) is 9.30. The quantitative estimate of drug-likeness (QED) is 0.515. The van der Waals surface area contributed by atoms with Crippen molar-refractivity contribution in [3.63, 3.8) is 0 Å². The summed E-state index contributed by atoms with van der Waals surface area (Å²) in [6, 6.07) is 10.7. The lowest BCUT2D eigenvalue weighted by molar-refractivity contribution is -0.385. The Morgan fingerprint density at radius 2 is 1.71 bits per heavy atom. The number of benzene rings is 2. The topological polar surface area (TPSA) is 83.8 Å². The summed E-state index contributed by atoms with van der Waals surface area (Å²) >= 11 is 11.8. The van der Waals surface area contributed by atoms with E-state index < -0.39 is 14.9 Å². The zero-order valence-electron chi connectivity index (χ0n) is 15.1. The fourth-order valence-electron chi connectivity index (χ4n) is 3.23. The monoisotopic (exact) mass is 443 g/mol. The fraction of sp³-hybridized carbons (Fsp3) is 0.333. The summed E-state index contributed by atoms with van der Waals surface area (Å²) < 4.78 is 27.1. The largest absolute Gasteiger partial charge is 0.294 e. The average molecular weight is 444 g/mol. The molecular weight excluding hydrogens is 425 g/mol. The van der Waals surface area contributed by atoms with Crippen LogP contribution < -0.4 is 0 Å². The molecule has 2 aromatic carbocycles. The maximum Gasteiger partial charge on any atom is 0.269 e. The molecule has 1 saturated heterocycles. The van der Waals surface area contributed by atoms with Gasteiger partial charge in [0.2, 0.25) is 10.0 Å². The Balaban J connectivity index is 1.70. The van der Waals surface area contributed by atoms with Gasteiger partial charge in [0.1, 0.15) is 0 Å². The van der Waals surface area contributed by atoms with E-state index in [0.717, 1.165) is 5.56 Å². The van der Waals surface area contributed by atoms with E-state index in [9.17, 15) is 18.5 Å². The minimum atomic E-state index is -3.66. The standard InChI is InChI=1S/C18H19Cl2N3O4S/c1-13(14-3-2-4-15(11-14)23(24)25)21-7-9-22(10-8-21)28(26,27)16-5-6-17(19)18(20)12-16/h2-6,11-13H,7-10H2,1H3. The van der Waals surface area contributed by atoms with Crippen molar-refractivity contribution in [3.05, 3.63) is 68.2 Å². The lowest BCUT2D eigenvalue weighted by Crippen LogP contribution is -2.49. The van der Waals surface area contributed by atoms with Crippen LogP contribution in [0.25, 0.3) is 0 Å². The van der Waals surface area contributed by atoms with Gasteiger partial charge in [-0.1, -0.05) is 35.3 Å². The molecule has 0 amide bonds. The molecule has 0 saturated carbocycles. The first kappa shape index (κ1) is 21.0. The molecule has 1 fully saturated rings. The zero-order valence-corrected chi connectivity index (χ0v) is 17.4. The van der Waals surface area contributed by atoms with E-state index in [0.29, 0.717) is 31.2 Å². The van der Waals surface area contributed by atoms with Gasteiger partial charge in [-0.25, -0.2) is 8.42 Å². The molecule has 1 aliphatic rings. The van der Waals surface area contributed by atoms with Gasteiger partial charge in [0.05, 0.1) is 19.9 Å². The van der Waals surface area contributed by atoms with Gasteiger partial charge < -0.3 is 0 Å². The molecular formula is C18H19Cl2N3O4S. The van der Waals surface area contributed by atoms with Crippen molar-refractivity contribution < 1.29 is 13.3 Å². The SMILES string of the molecule is CC(c1cccc([N+](=O)[O-])c1)N1CCN(S(=O)(=O)c2ccc(Cl)c(Cl)c2)CC1. The van der Waals surface area contributed by atoms with Gasteiger partial charge in [0.15, 0.2) is 0 Å².